The maximum atomic E-state index is 12.8. The van der Waals surface area contributed by atoms with Crippen molar-refractivity contribution >= 4 is 22.9 Å². The fraction of sp³-hybridized carbons (Fsp3) is 0.409. The highest BCUT2D eigenvalue weighted by Gasteiger charge is 2.31. The van der Waals surface area contributed by atoms with Crippen molar-refractivity contribution in [2.24, 2.45) is 0 Å². The van der Waals surface area contributed by atoms with Gasteiger partial charge in [0.25, 0.3) is 0 Å². The summed E-state index contributed by atoms with van der Waals surface area (Å²) in [5, 5.41) is 3.07. The van der Waals surface area contributed by atoms with Crippen LogP contribution in [0.3, 0.4) is 0 Å². The average Bonchev–Trinajstić information content (AvgIpc) is 3.34. The van der Waals surface area contributed by atoms with Crippen LogP contribution in [0.25, 0.3) is 11.2 Å². The molecule has 3 aromatic rings. The Hall–Kier alpha value is -2.93. The lowest BCUT2D eigenvalue weighted by atomic mass is 10.1. The number of benzene rings is 1. The molecular formula is C22H27N5O2. The molecule has 0 aliphatic carbocycles. The number of aromatic nitrogens is 3. The summed E-state index contributed by atoms with van der Waals surface area (Å²) >= 11 is 0. The summed E-state index contributed by atoms with van der Waals surface area (Å²) in [6.45, 7) is 6.73. The Bertz CT molecular complexity index is 1030. The topological polar surface area (TPSA) is 72.3 Å². The molecule has 7 heteroatoms. The number of rotatable bonds is 5. The molecule has 1 fully saturated rings. The largest absolute Gasteiger partial charge is 0.383 e. The number of hydrogen-bond acceptors (Lipinski definition) is 4. The van der Waals surface area contributed by atoms with Crippen LogP contribution in [-0.4, -0.2) is 52.3 Å². The third-order valence-electron chi connectivity index (χ3n) is 5.74. The Balaban J connectivity index is 1.52. The van der Waals surface area contributed by atoms with E-state index < -0.39 is 0 Å². The molecule has 1 N–H and O–H groups in total. The zero-order chi connectivity index (χ0) is 20.4. The molecule has 1 saturated heterocycles. The van der Waals surface area contributed by atoms with E-state index in [-0.39, 0.29) is 11.9 Å². The molecule has 1 atom stereocenters. The number of hydrogen-bond donors (Lipinski definition) is 1. The van der Waals surface area contributed by atoms with Crippen molar-refractivity contribution in [3.05, 3.63) is 53.5 Å². The molecule has 0 bridgehead atoms. The number of carbonyl (C=O) groups excluding carboxylic acids is 1. The van der Waals surface area contributed by atoms with E-state index in [4.69, 9.17) is 9.72 Å². The maximum Gasteiger partial charge on any atom is 0.321 e. The van der Waals surface area contributed by atoms with Gasteiger partial charge in [0.05, 0.1) is 6.61 Å². The van der Waals surface area contributed by atoms with Crippen LogP contribution in [-0.2, 0) is 11.3 Å². The number of likely N-dealkylation sites (tertiary alicyclic amines) is 1. The molecule has 4 rings (SSSR count). The summed E-state index contributed by atoms with van der Waals surface area (Å²) in [6.07, 6.45) is 2.67. The van der Waals surface area contributed by atoms with E-state index in [0.717, 1.165) is 34.7 Å². The average molecular weight is 393 g/mol. The predicted molar refractivity (Wildman–Crippen MR) is 113 cm³/mol. The second-order valence-corrected chi connectivity index (χ2v) is 7.57. The lowest BCUT2D eigenvalue weighted by molar-refractivity contribution is 0.186. The molecule has 152 valence electrons. The minimum Gasteiger partial charge on any atom is -0.383 e. The van der Waals surface area contributed by atoms with Gasteiger partial charge < -0.3 is 19.5 Å². The summed E-state index contributed by atoms with van der Waals surface area (Å²) < 4.78 is 7.41. The molecule has 2 aromatic heterocycles. The van der Waals surface area contributed by atoms with Gasteiger partial charge in [0.15, 0.2) is 5.65 Å². The highest BCUT2D eigenvalue weighted by atomic mass is 16.5. The van der Waals surface area contributed by atoms with Crippen molar-refractivity contribution < 1.29 is 9.53 Å². The van der Waals surface area contributed by atoms with Gasteiger partial charge in [0.1, 0.15) is 11.3 Å². The standard InChI is InChI=1S/C22H27N5O2/c1-15-6-4-7-18(16(15)2)25-22(28)26-11-9-17(14-26)20-24-19-8-5-10-23-21(19)27(20)12-13-29-3/h4-8,10,17H,9,11-14H2,1-3H3,(H,25,28)/t17-/m0/s1. The number of fused-ring (bicyclic) bond motifs is 1. The molecular weight excluding hydrogens is 366 g/mol. The molecule has 0 spiro atoms. The number of ether oxygens (including phenoxy) is 1. The lowest BCUT2D eigenvalue weighted by Gasteiger charge is -2.19. The van der Waals surface area contributed by atoms with Crippen LogP contribution in [0.5, 0.6) is 0 Å². The number of pyridine rings is 1. The number of anilines is 1. The van der Waals surface area contributed by atoms with Crippen LogP contribution in [0, 0.1) is 13.8 Å². The van der Waals surface area contributed by atoms with Crippen LogP contribution in [0.4, 0.5) is 10.5 Å². The second-order valence-electron chi connectivity index (χ2n) is 7.57. The van der Waals surface area contributed by atoms with Gasteiger partial charge in [0, 0.05) is 44.5 Å². The second kappa shape index (κ2) is 8.21. The minimum atomic E-state index is -0.0566. The Morgan fingerprint density at radius 1 is 1.28 bits per heavy atom. The summed E-state index contributed by atoms with van der Waals surface area (Å²) in [6, 6.07) is 9.79. The first-order valence-electron chi connectivity index (χ1n) is 10.0. The minimum absolute atomic E-state index is 0.0566. The molecule has 1 aromatic carbocycles. The fourth-order valence-corrected chi connectivity index (χ4v) is 3.93. The van der Waals surface area contributed by atoms with Gasteiger partial charge in [-0.3, -0.25) is 0 Å². The number of nitrogens with one attached hydrogen (secondary N) is 1. The summed E-state index contributed by atoms with van der Waals surface area (Å²) in [4.78, 5) is 24.1. The van der Waals surface area contributed by atoms with Crippen molar-refractivity contribution in [3.8, 4) is 0 Å². The molecule has 0 radical (unpaired) electrons. The van der Waals surface area contributed by atoms with Crippen LogP contribution >= 0.6 is 0 Å². The number of methoxy groups -OCH3 is 1. The quantitative estimate of drug-likeness (QED) is 0.717. The first kappa shape index (κ1) is 19.4. The Morgan fingerprint density at radius 3 is 2.97 bits per heavy atom. The predicted octanol–water partition coefficient (Wildman–Crippen LogP) is 3.72. The van der Waals surface area contributed by atoms with E-state index in [1.807, 2.05) is 36.1 Å². The van der Waals surface area contributed by atoms with E-state index in [1.165, 1.54) is 5.56 Å². The fourth-order valence-electron chi connectivity index (χ4n) is 3.93. The molecule has 0 saturated carbocycles. The van der Waals surface area contributed by atoms with E-state index >= 15 is 0 Å². The van der Waals surface area contributed by atoms with Crippen molar-refractivity contribution in [1.29, 1.82) is 0 Å². The van der Waals surface area contributed by atoms with Crippen molar-refractivity contribution in [1.82, 2.24) is 19.4 Å². The van der Waals surface area contributed by atoms with Crippen molar-refractivity contribution in [3.63, 3.8) is 0 Å². The molecule has 0 unspecified atom stereocenters. The SMILES string of the molecule is COCCn1c([C@H]2CCN(C(=O)Nc3cccc(C)c3C)C2)nc2cccnc21. The van der Waals surface area contributed by atoms with Gasteiger partial charge in [-0.05, 0) is 49.6 Å². The monoisotopic (exact) mass is 393 g/mol. The normalized spacial score (nSPS) is 16.5. The zero-order valence-electron chi connectivity index (χ0n) is 17.2. The van der Waals surface area contributed by atoms with Gasteiger partial charge in [-0.1, -0.05) is 12.1 Å². The van der Waals surface area contributed by atoms with E-state index in [9.17, 15) is 4.79 Å². The number of carbonyl (C=O) groups is 1. The summed E-state index contributed by atoms with van der Waals surface area (Å²) in [5.74, 6) is 1.17. The van der Waals surface area contributed by atoms with Crippen LogP contribution < -0.4 is 5.32 Å². The molecule has 29 heavy (non-hydrogen) atoms. The number of nitrogens with zero attached hydrogens (tertiary/aromatic N) is 4. The Labute approximate surface area is 170 Å². The highest BCUT2D eigenvalue weighted by Crippen LogP contribution is 2.29. The van der Waals surface area contributed by atoms with Gasteiger partial charge in [0.2, 0.25) is 0 Å². The van der Waals surface area contributed by atoms with Crippen LogP contribution in [0.15, 0.2) is 36.5 Å². The van der Waals surface area contributed by atoms with E-state index in [1.54, 1.807) is 13.3 Å². The van der Waals surface area contributed by atoms with Crippen LogP contribution in [0.1, 0.15) is 29.3 Å². The van der Waals surface area contributed by atoms with E-state index in [2.05, 4.69) is 27.9 Å². The lowest BCUT2D eigenvalue weighted by Crippen LogP contribution is -2.33. The first-order valence-corrected chi connectivity index (χ1v) is 10.0. The summed E-state index contributed by atoms with van der Waals surface area (Å²) in [7, 11) is 1.70. The Morgan fingerprint density at radius 2 is 2.14 bits per heavy atom. The molecule has 1 aliphatic rings. The first-order chi connectivity index (χ1) is 14.1. The van der Waals surface area contributed by atoms with Gasteiger partial charge in [-0.2, -0.15) is 0 Å². The number of imidazole rings is 1. The van der Waals surface area contributed by atoms with Crippen molar-refractivity contribution in [2.75, 3.05) is 32.1 Å². The number of amides is 2. The zero-order valence-corrected chi connectivity index (χ0v) is 17.2. The van der Waals surface area contributed by atoms with Gasteiger partial charge in [-0.15, -0.1) is 0 Å². The third-order valence-corrected chi connectivity index (χ3v) is 5.74. The van der Waals surface area contributed by atoms with Gasteiger partial charge in [-0.25, -0.2) is 14.8 Å². The molecule has 1 aliphatic heterocycles. The summed E-state index contributed by atoms with van der Waals surface area (Å²) in [5.41, 5.74) is 4.90. The Kier molecular flexibility index (Phi) is 5.49. The maximum absolute atomic E-state index is 12.8. The highest BCUT2D eigenvalue weighted by molar-refractivity contribution is 5.90. The van der Waals surface area contributed by atoms with Crippen molar-refractivity contribution in [2.45, 2.75) is 32.7 Å². The molecule has 3 heterocycles. The van der Waals surface area contributed by atoms with E-state index in [0.29, 0.717) is 26.2 Å². The van der Waals surface area contributed by atoms with Gasteiger partial charge >= 0.3 is 6.03 Å². The third kappa shape index (κ3) is 3.82. The smallest absolute Gasteiger partial charge is 0.321 e. The number of urea groups is 1. The number of aryl methyl sites for hydroxylation is 1. The molecule has 7 nitrogen and oxygen atoms in total. The molecule has 2 amide bonds. The van der Waals surface area contributed by atoms with Crippen LogP contribution in [0.2, 0.25) is 0 Å².